The summed E-state index contributed by atoms with van der Waals surface area (Å²) in [5.41, 5.74) is 0.592. The number of hydrogen-bond acceptors (Lipinski definition) is 3. The second kappa shape index (κ2) is 4.63. The molecular formula is C12H15NO3. The van der Waals surface area contributed by atoms with Gasteiger partial charge in [-0.05, 0) is 12.0 Å². The molecule has 2 atom stereocenters. The Morgan fingerprint density at radius 3 is 2.62 bits per heavy atom. The van der Waals surface area contributed by atoms with Gasteiger partial charge in [-0.25, -0.2) is 0 Å². The highest BCUT2D eigenvalue weighted by Crippen LogP contribution is 2.18. The number of carbonyl (C=O) groups excluding carboxylic acids is 1. The number of nitrogens with zero attached hydrogens (tertiary/aromatic N) is 1. The summed E-state index contributed by atoms with van der Waals surface area (Å²) < 4.78 is 0. The molecule has 0 saturated carbocycles. The zero-order valence-corrected chi connectivity index (χ0v) is 8.91. The minimum atomic E-state index is -1.12. The third-order valence-corrected chi connectivity index (χ3v) is 2.82. The van der Waals surface area contributed by atoms with Crippen LogP contribution in [0, 0.1) is 0 Å². The molecule has 1 fully saturated rings. The summed E-state index contributed by atoms with van der Waals surface area (Å²) in [5, 5.41) is 19.2. The molecule has 1 aliphatic rings. The summed E-state index contributed by atoms with van der Waals surface area (Å²) in [7, 11) is 0. The normalized spacial score (nSPS) is 22.1. The Labute approximate surface area is 94.1 Å². The molecule has 86 valence electrons. The molecular weight excluding hydrogens is 206 g/mol. The van der Waals surface area contributed by atoms with Gasteiger partial charge in [0.2, 0.25) is 0 Å². The first-order valence-corrected chi connectivity index (χ1v) is 5.38. The first kappa shape index (κ1) is 11.1. The van der Waals surface area contributed by atoms with Crippen molar-refractivity contribution in [1.82, 2.24) is 4.90 Å². The Balaban J connectivity index is 2.05. The number of likely N-dealkylation sites (tertiary alicyclic amines) is 1. The van der Waals surface area contributed by atoms with E-state index in [0.717, 1.165) is 0 Å². The first-order valence-electron chi connectivity index (χ1n) is 5.38. The van der Waals surface area contributed by atoms with Gasteiger partial charge in [-0.15, -0.1) is 0 Å². The van der Waals surface area contributed by atoms with E-state index in [-0.39, 0.29) is 5.91 Å². The van der Waals surface area contributed by atoms with Crippen LogP contribution in [0.25, 0.3) is 0 Å². The molecule has 4 nitrogen and oxygen atoms in total. The molecule has 2 unspecified atom stereocenters. The van der Waals surface area contributed by atoms with Gasteiger partial charge >= 0.3 is 0 Å². The van der Waals surface area contributed by atoms with Crippen molar-refractivity contribution in [1.29, 1.82) is 0 Å². The molecule has 1 aliphatic heterocycles. The molecule has 16 heavy (non-hydrogen) atoms. The fourth-order valence-corrected chi connectivity index (χ4v) is 1.89. The van der Waals surface area contributed by atoms with E-state index in [1.54, 1.807) is 24.3 Å². The summed E-state index contributed by atoms with van der Waals surface area (Å²) in [6.45, 7) is 0.840. The van der Waals surface area contributed by atoms with E-state index >= 15 is 0 Å². The van der Waals surface area contributed by atoms with Gasteiger partial charge in [-0.3, -0.25) is 4.79 Å². The van der Waals surface area contributed by atoms with E-state index in [2.05, 4.69) is 0 Å². The van der Waals surface area contributed by atoms with Crippen LogP contribution in [0.4, 0.5) is 0 Å². The molecule has 1 aromatic rings. The lowest BCUT2D eigenvalue weighted by atomic mass is 10.1. The van der Waals surface area contributed by atoms with Crippen LogP contribution in [-0.4, -0.2) is 40.2 Å². The maximum Gasteiger partial charge on any atom is 0.256 e. The Bertz CT molecular complexity index is 366. The van der Waals surface area contributed by atoms with Crippen molar-refractivity contribution in [3.63, 3.8) is 0 Å². The Morgan fingerprint density at radius 2 is 2.06 bits per heavy atom. The molecule has 2 N–H and O–H groups in total. The zero-order valence-electron chi connectivity index (χ0n) is 8.91. The number of rotatable bonds is 2. The Hall–Kier alpha value is -1.39. The lowest BCUT2D eigenvalue weighted by molar-refractivity contribution is -0.139. The quantitative estimate of drug-likeness (QED) is 0.755. The smallest absolute Gasteiger partial charge is 0.256 e. The van der Waals surface area contributed by atoms with E-state index in [4.69, 9.17) is 0 Å². The van der Waals surface area contributed by atoms with Crippen LogP contribution in [0.2, 0.25) is 0 Å². The molecule has 1 amide bonds. The topological polar surface area (TPSA) is 60.8 Å². The van der Waals surface area contributed by atoms with E-state index < -0.39 is 12.2 Å². The summed E-state index contributed by atoms with van der Waals surface area (Å²) in [4.78, 5) is 13.4. The van der Waals surface area contributed by atoms with Crippen LogP contribution in [0.1, 0.15) is 18.1 Å². The third kappa shape index (κ3) is 2.23. The van der Waals surface area contributed by atoms with Gasteiger partial charge < -0.3 is 15.1 Å². The maximum absolute atomic E-state index is 11.9. The monoisotopic (exact) mass is 221 g/mol. The van der Waals surface area contributed by atoms with E-state index in [9.17, 15) is 15.0 Å². The summed E-state index contributed by atoms with van der Waals surface area (Å²) >= 11 is 0. The molecule has 0 radical (unpaired) electrons. The number of hydrogen-bond donors (Lipinski definition) is 2. The number of aliphatic hydroxyl groups excluding tert-OH is 2. The summed E-state index contributed by atoms with van der Waals surface area (Å²) in [5.74, 6) is -0.331. The van der Waals surface area contributed by atoms with Crippen molar-refractivity contribution in [3.05, 3.63) is 35.9 Å². The van der Waals surface area contributed by atoms with Gasteiger partial charge in [0.25, 0.3) is 5.91 Å². The van der Waals surface area contributed by atoms with Gasteiger partial charge in [-0.1, -0.05) is 30.3 Å². The fraction of sp³-hybridized carbons (Fsp3) is 0.417. The Morgan fingerprint density at radius 1 is 1.38 bits per heavy atom. The predicted octanol–water partition coefficient (Wildman–Crippen LogP) is 0.313. The number of carbonyl (C=O) groups is 1. The zero-order chi connectivity index (χ0) is 11.5. The van der Waals surface area contributed by atoms with Crippen molar-refractivity contribution in [3.8, 4) is 0 Å². The van der Waals surface area contributed by atoms with E-state index in [0.29, 0.717) is 25.1 Å². The number of amides is 1. The van der Waals surface area contributed by atoms with Crippen LogP contribution in [0.3, 0.4) is 0 Å². The molecule has 1 saturated heterocycles. The third-order valence-electron chi connectivity index (χ3n) is 2.82. The second-order valence-electron chi connectivity index (χ2n) is 4.04. The highest BCUT2D eigenvalue weighted by Gasteiger charge is 2.29. The average Bonchev–Trinajstić information content (AvgIpc) is 2.75. The van der Waals surface area contributed by atoms with Crippen LogP contribution >= 0.6 is 0 Å². The van der Waals surface area contributed by atoms with Crippen LogP contribution in [-0.2, 0) is 4.79 Å². The minimum Gasteiger partial charge on any atom is -0.391 e. The van der Waals surface area contributed by atoms with Crippen molar-refractivity contribution in [2.75, 3.05) is 13.1 Å². The molecule has 0 aromatic heterocycles. The second-order valence-corrected chi connectivity index (χ2v) is 4.04. The summed E-state index contributed by atoms with van der Waals surface area (Å²) in [6.07, 6.45) is -0.980. The maximum atomic E-state index is 11.9. The van der Waals surface area contributed by atoms with Crippen LogP contribution in [0.5, 0.6) is 0 Å². The van der Waals surface area contributed by atoms with Crippen LogP contribution in [0.15, 0.2) is 30.3 Å². The molecule has 1 heterocycles. The molecule has 1 aromatic carbocycles. The highest BCUT2D eigenvalue weighted by atomic mass is 16.3. The predicted molar refractivity (Wildman–Crippen MR) is 58.6 cm³/mol. The SMILES string of the molecule is O=C(C(O)c1ccccc1)N1CCC(O)C1. The van der Waals surface area contributed by atoms with Crippen molar-refractivity contribution in [2.45, 2.75) is 18.6 Å². The van der Waals surface area contributed by atoms with Gasteiger partial charge in [0.1, 0.15) is 0 Å². The molecule has 0 bridgehead atoms. The van der Waals surface area contributed by atoms with Gasteiger partial charge in [0.05, 0.1) is 6.10 Å². The van der Waals surface area contributed by atoms with E-state index in [1.807, 2.05) is 6.07 Å². The first-order chi connectivity index (χ1) is 7.68. The minimum absolute atomic E-state index is 0.322. The average molecular weight is 221 g/mol. The lowest BCUT2D eigenvalue weighted by Gasteiger charge is -2.19. The summed E-state index contributed by atoms with van der Waals surface area (Å²) in [6, 6.07) is 8.83. The Kier molecular flexibility index (Phi) is 3.22. The number of benzene rings is 1. The number of aliphatic hydroxyl groups is 2. The van der Waals surface area contributed by atoms with Crippen molar-refractivity contribution < 1.29 is 15.0 Å². The largest absolute Gasteiger partial charge is 0.391 e. The van der Waals surface area contributed by atoms with Gasteiger partial charge in [0, 0.05) is 13.1 Å². The van der Waals surface area contributed by atoms with E-state index in [1.165, 1.54) is 4.90 Å². The lowest BCUT2D eigenvalue weighted by Crippen LogP contribution is -2.33. The highest BCUT2D eigenvalue weighted by molar-refractivity contribution is 5.82. The molecule has 2 rings (SSSR count). The standard InChI is InChI=1S/C12H15NO3/c14-10-6-7-13(8-10)12(16)11(15)9-4-2-1-3-5-9/h1-5,10-11,14-15H,6-8H2. The van der Waals surface area contributed by atoms with Crippen LogP contribution < -0.4 is 0 Å². The number of β-amino-alcohol motifs (C(OH)–C–C–N with tert-alkyl or cyclic N) is 1. The van der Waals surface area contributed by atoms with Gasteiger partial charge in [0.15, 0.2) is 6.10 Å². The van der Waals surface area contributed by atoms with Gasteiger partial charge in [-0.2, -0.15) is 0 Å². The van der Waals surface area contributed by atoms with Crippen molar-refractivity contribution in [2.24, 2.45) is 0 Å². The molecule has 4 heteroatoms. The molecule has 0 spiro atoms. The fourth-order valence-electron chi connectivity index (χ4n) is 1.89. The van der Waals surface area contributed by atoms with Crippen molar-refractivity contribution >= 4 is 5.91 Å². The molecule has 0 aliphatic carbocycles.